The first-order valence-electron chi connectivity index (χ1n) is 7.28. The van der Waals surface area contributed by atoms with Crippen molar-refractivity contribution in [2.45, 2.75) is 51.6 Å². The minimum Gasteiger partial charge on any atom is -0.306 e. The number of aromatic nitrogens is 2. The number of likely N-dealkylation sites (tertiary alicyclic amines) is 1. The smallest absolute Gasteiger partial charge is 0.0826 e. The maximum atomic E-state index is 4.28. The van der Waals surface area contributed by atoms with Crippen LogP contribution < -0.4 is 0 Å². The van der Waals surface area contributed by atoms with Crippen molar-refractivity contribution in [3.63, 3.8) is 0 Å². The van der Waals surface area contributed by atoms with Gasteiger partial charge in [-0.05, 0) is 57.4 Å². The summed E-state index contributed by atoms with van der Waals surface area (Å²) in [5.74, 6) is 0.482. The van der Waals surface area contributed by atoms with E-state index in [1.54, 1.807) is 11.5 Å². The van der Waals surface area contributed by atoms with Crippen molar-refractivity contribution in [1.29, 1.82) is 0 Å². The SMILES string of the molecule is CC(C)c1nnsc1CN1CCC[C@@H](N(C)C)CC1. The highest BCUT2D eigenvalue weighted by atomic mass is 32.1. The molecule has 4 nitrogen and oxygen atoms in total. The van der Waals surface area contributed by atoms with E-state index in [0.717, 1.165) is 12.6 Å². The van der Waals surface area contributed by atoms with E-state index in [2.05, 4.69) is 47.3 Å². The maximum absolute atomic E-state index is 4.28. The third-order valence-corrected chi connectivity index (χ3v) is 4.74. The first-order valence-corrected chi connectivity index (χ1v) is 8.05. The fourth-order valence-corrected chi connectivity index (χ4v) is 3.62. The Bertz CT molecular complexity index is 389. The van der Waals surface area contributed by atoms with Crippen molar-refractivity contribution < 1.29 is 0 Å². The van der Waals surface area contributed by atoms with Crippen LogP contribution in [0.5, 0.6) is 0 Å². The Balaban J connectivity index is 1.94. The first kappa shape index (κ1) is 14.9. The third-order valence-electron chi connectivity index (χ3n) is 4.02. The van der Waals surface area contributed by atoms with Gasteiger partial charge in [0.05, 0.1) is 10.6 Å². The molecule has 1 aromatic rings. The van der Waals surface area contributed by atoms with Crippen molar-refractivity contribution in [1.82, 2.24) is 19.4 Å². The molecule has 0 spiro atoms. The molecule has 5 heteroatoms. The lowest BCUT2D eigenvalue weighted by Gasteiger charge is -2.23. The second-order valence-electron chi connectivity index (χ2n) is 6.06. The maximum Gasteiger partial charge on any atom is 0.0826 e. The molecule has 0 amide bonds. The van der Waals surface area contributed by atoms with Gasteiger partial charge in [0.1, 0.15) is 0 Å². The van der Waals surface area contributed by atoms with E-state index in [9.17, 15) is 0 Å². The second kappa shape index (κ2) is 6.77. The van der Waals surface area contributed by atoms with Crippen LogP contribution in [0, 0.1) is 0 Å². The van der Waals surface area contributed by atoms with E-state index in [4.69, 9.17) is 0 Å². The lowest BCUT2D eigenvalue weighted by atomic mass is 10.1. The highest BCUT2D eigenvalue weighted by Crippen LogP contribution is 2.23. The Hall–Kier alpha value is -0.520. The molecular weight excluding hydrogens is 256 g/mol. The normalized spacial score (nSPS) is 22.1. The number of hydrogen-bond donors (Lipinski definition) is 0. The van der Waals surface area contributed by atoms with Crippen LogP contribution in [-0.2, 0) is 6.54 Å². The molecule has 0 unspecified atom stereocenters. The summed E-state index contributed by atoms with van der Waals surface area (Å²) in [5.41, 5.74) is 1.19. The Kier molecular flexibility index (Phi) is 5.30. The molecule has 1 fully saturated rings. The zero-order valence-corrected chi connectivity index (χ0v) is 13.4. The third kappa shape index (κ3) is 3.97. The van der Waals surface area contributed by atoms with Crippen LogP contribution in [0.25, 0.3) is 0 Å². The van der Waals surface area contributed by atoms with E-state index in [1.165, 1.54) is 42.9 Å². The van der Waals surface area contributed by atoms with E-state index >= 15 is 0 Å². The number of rotatable bonds is 4. The van der Waals surface area contributed by atoms with Gasteiger partial charge >= 0.3 is 0 Å². The van der Waals surface area contributed by atoms with Crippen LogP contribution in [0.1, 0.15) is 49.6 Å². The highest BCUT2D eigenvalue weighted by Gasteiger charge is 2.20. The molecule has 2 rings (SSSR count). The Morgan fingerprint density at radius 3 is 2.79 bits per heavy atom. The summed E-state index contributed by atoms with van der Waals surface area (Å²) >= 11 is 1.57. The Morgan fingerprint density at radius 1 is 1.32 bits per heavy atom. The van der Waals surface area contributed by atoms with E-state index in [1.807, 2.05) is 0 Å². The molecule has 0 N–H and O–H groups in total. The van der Waals surface area contributed by atoms with Gasteiger partial charge in [-0.15, -0.1) is 5.10 Å². The Labute approximate surface area is 121 Å². The van der Waals surface area contributed by atoms with Crippen molar-refractivity contribution in [3.05, 3.63) is 10.6 Å². The van der Waals surface area contributed by atoms with Crippen LogP contribution in [0.15, 0.2) is 0 Å². The molecule has 1 aromatic heterocycles. The fraction of sp³-hybridized carbons (Fsp3) is 0.857. The van der Waals surface area contributed by atoms with Gasteiger partial charge in [-0.3, -0.25) is 4.90 Å². The van der Waals surface area contributed by atoms with Gasteiger partial charge < -0.3 is 4.90 Å². The monoisotopic (exact) mass is 282 g/mol. The average molecular weight is 282 g/mol. The lowest BCUT2D eigenvalue weighted by molar-refractivity contribution is 0.246. The minimum absolute atomic E-state index is 0.482. The predicted octanol–water partition coefficient (Wildman–Crippen LogP) is 2.58. The summed E-state index contributed by atoms with van der Waals surface area (Å²) in [5, 5.41) is 4.28. The molecule has 0 radical (unpaired) electrons. The molecule has 0 bridgehead atoms. The van der Waals surface area contributed by atoms with Crippen LogP contribution in [0.2, 0.25) is 0 Å². The van der Waals surface area contributed by atoms with Crippen LogP contribution in [-0.4, -0.2) is 52.6 Å². The van der Waals surface area contributed by atoms with Gasteiger partial charge in [-0.1, -0.05) is 18.3 Å². The zero-order chi connectivity index (χ0) is 13.8. The van der Waals surface area contributed by atoms with Gasteiger partial charge in [0.2, 0.25) is 0 Å². The molecular formula is C14H26N4S. The zero-order valence-electron chi connectivity index (χ0n) is 12.6. The molecule has 0 saturated carbocycles. The number of nitrogens with zero attached hydrogens (tertiary/aromatic N) is 4. The van der Waals surface area contributed by atoms with Crippen molar-refractivity contribution in [2.24, 2.45) is 0 Å². The second-order valence-corrected chi connectivity index (χ2v) is 6.90. The fourth-order valence-electron chi connectivity index (χ4n) is 2.78. The summed E-state index contributed by atoms with van der Waals surface area (Å²) in [6.45, 7) is 7.83. The summed E-state index contributed by atoms with van der Waals surface area (Å²) in [6.07, 6.45) is 3.89. The van der Waals surface area contributed by atoms with E-state index < -0.39 is 0 Å². The summed E-state index contributed by atoms with van der Waals surface area (Å²) in [7, 11) is 4.40. The van der Waals surface area contributed by atoms with Gasteiger partial charge in [0, 0.05) is 19.1 Å². The van der Waals surface area contributed by atoms with E-state index in [-0.39, 0.29) is 0 Å². The molecule has 1 atom stereocenters. The molecule has 19 heavy (non-hydrogen) atoms. The molecule has 0 aliphatic carbocycles. The van der Waals surface area contributed by atoms with E-state index in [0.29, 0.717) is 5.92 Å². The van der Waals surface area contributed by atoms with Gasteiger partial charge in [0.15, 0.2) is 0 Å². The minimum atomic E-state index is 0.482. The van der Waals surface area contributed by atoms with Crippen molar-refractivity contribution in [2.75, 3.05) is 27.2 Å². The standard InChI is InChI=1S/C14H26N4S/c1-11(2)14-13(19-16-15-14)10-18-8-5-6-12(7-9-18)17(3)4/h11-12H,5-10H2,1-4H3/t12-/m1/s1. The van der Waals surface area contributed by atoms with Gasteiger partial charge in [-0.25, -0.2) is 0 Å². The summed E-state index contributed by atoms with van der Waals surface area (Å²) < 4.78 is 4.13. The molecule has 1 aliphatic heterocycles. The van der Waals surface area contributed by atoms with Crippen molar-refractivity contribution in [3.8, 4) is 0 Å². The number of hydrogen-bond acceptors (Lipinski definition) is 5. The van der Waals surface area contributed by atoms with Crippen LogP contribution in [0.3, 0.4) is 0 Å². The van der Waals surface area contributed by atoms with Crippen molar-refractivity contribution >= 4 is 11.5 Å². The molecule has 0 aromatic carbocycles. The largest absolute Gasteiger partial charge is 0.306 e. The van der Waals surface area contributed by atoms with Gasteiger partial charge in [-0.2, -0.15) is 0 Å². The summed E-state index contributed by atoms with van der Waals surface area (Å²) in [6, 6.07) is 0.745. The first-order chi connectivity index (χ1) is 9.08. The predicted molar refractivity (Wildman–Crippen MR) is 80.6 cm³/mol. The molecule has 1 aliphatic rings. The quantitative estimate of drug-likeness (QED) is 0.849. The lowest BCUT2D eigenvalue weighted by Crippen LogP contribution is -2.30. The molecule has 108 valence electrons. The topological polar surface area (TPSA) is 32.3 Å². The van der Waals surface area contributed by atoms with Gasteiger partial charge in [0.25, 0.3) is 0 Å². The summed E-state index contributed by atoms with van der Waals surface area (Å²) in [4.78, 5) is 6.31. The average Bonchev–Trinajstić information content (AvgIpc) is 2.67. The Morgan fingerprint density at radius 2 is 2.11 bits per heavy atom. The molecule has 1 saturated heterocycles. The molecule has 2 heterocycles. The highest BCUT2D eigenvalue weighted by molar-refractivity contribution is 7.05. The van der Waals surface area contributed by atoms with Crippen LogP contribution in [0.4, 0.5) is 0 Å². The van der Waals surface area contributed by atoms with Crippen LogP contribution >= 0.6 is 11.5 Å².